The molecule has 11 atom stereocenters. The van der Waals surface area contributed by atoms with E-state index in [1.54, 1.807) is 56.4 Å². The average molecular weight is 1490 g/mol. The molecule has 4 rings (SSSR count). The Balaban J connectivity index is 1.49. The smallest absolute Gasteiger partial charge is 0.328 e. The minimum Gasteiger partial charge on any atom is -0.508 e. The van der Waals surface area contributed by atoms with Crippen molar-refractivity contribution >= 4 is 106 Å². The number of primary amides is 1. The van der Waals surface area contributed by atoms with E-state index in [9.17, 15) is 107 Å². The molecule has 1 aromatic heterocycles. The molecule has 39 heteroatoms. The van der Waals surface area contributed by atoms with Crippen LogP contribution in [0.2, 0.25) is 0 Å². The van der Waals surface area contributed by atoms with Crippen LogP contribution in [0.3, 0.4) is 0 Å². The third kappa shape index (κ3) is 29.7. The van der Waals surface area contributed by atoms with E-state index in [4.69, 9.17) is 22.9 Å². The van der Waals surface area contributed by atoms with Crippen molar-refractivity contribution in [3.05, 3.63) is 65.9 Å². The molecule has 1 aliphatic rings. The van der Waals surface area contributed by atoms with Gasteiger partial charge in [0, 0.05) is 42.9 Å². The van der Waals surface area contributed by atoms with Gasteiger partial charge in [-0.1, -0.05) is 44.2 Å². The molecule has 106 heavy (non-hydrogen) atoms. The van der Waals surface area contributed by atoms with Gasteiger partial charge in [0.2, 0.25) is 76.8 Å². The van der Waals surface area contributed by atoms with Crippen molar-refractivity contribution in [1.29, 1.82) is 0 Å². The number of hydrogen-bond acceptors (Lipinski definition) is 22. The molecule has 0 spiro atoms. The Labute approximate surface area is 608 Å². The SMILES string of the molecule is CC(C)C[C@H](NC(=O)[C@@H](N)Cc1ccc(O)cc1)C(=O)N[C@@H](CO)C(=O)N[C@@H](CCCCN)C(=O)N[C@@H](CCC(N)=O)C(=O)N[C@@H](CC(=O)O)C(=O)N1CCC[C@H]1C(=O)N[C@@H](CCC(=O)O)C(=O)NCC(=O)N[C@@H](Cc1c[nH]c2ccccc12)C(=O)NCC(=O)N[C@@H](CCCCN)C(=O)N[C@@H](CO)C(=O)O. The lowest BCUT2D eigenvalue weighted by atomic mass is 10.0. The molecule has 1 saturated heterocycles. The first-order valence-electron chi connectivity index (χ1n) is 34.5. The number of likely N-dealkylation sites (tertiary alicyclic amines) is 1. The van der Waals surface area contributed by atoms with Gasteiger partial charge in [-0.2, -0.15) is 0 Å². The summed E-state index contributed by atoms with van der Waals surface area (Å²) in [7, 11) is 0. The molecule has 26 N–H and O–H groups in total. The van der Waals surface area contributed by atoms with Crippen LogP contribution in [0.1, 0.15) is 115 Å². The molecule has 584 valence electrons. The highest BCUT2D eigenvalue weighted by Gasteiger charge is 2.41. The van der Waals surface area contributed by atoms with E-state index in [1.807, 2.05) is 0 Å². The Morgan fingerprint density at radius 1 is 0.538 bits per heavy atom. The number of phenolic OH excluding ortho intramolecular Hbond substituents is 1. The molecule has 39 nitrogen and oxygen atoms in total. The van der Waals surface area contributed by atoms with E-state index in [2.05, 4.69) is 63.5 Å². The summed E-state index contributed by atoms with van der Waals surface area (Å²) < 4.78 is 0. The van der Waals surface area contributed by atoms with Gasteiger partial charge >= 0.3 is 17.9 Å². The molecular weight excluding hydrogens is 1390 g/mol. The number of nitrogens with zero attached hydrogens (tertiary/aromatic N) is 1. The third-order valence-corrected chi connectivity index (χ3v) is 16.9. The Morgan fingerprint density at radius 2 is 1.03 bits per heavy atom. The number of aliphatic hydroxyl groups is 2. The number of phenols is 1. The van der Waals surface area contributed by atoms with Crippen LogP contribution in [0.4, 0.5) is 0 Å². The van der Waals surface area contributed by atoms with Crippen molar-refractivity contribution in [2.45, 2.75) is 183 Å². The molecule has 0 saturated carbocycles. The quantitative estimate of drug-likeness (QED) is 0.0234. The summed E-state index contributed by atoms with van der Waals surface area (Å²) in [5.74, 6) is -18.1. The minimum absolute atomic E-state index is 0.0122. The number of aromatic hydroxyl groups is 1. The highest BCUT2D eigenvalue weighted by molar-refractivity contribution is 6.00. The number of carbonyl (C=O) groups excluding carboxylic acids is 13. The molecule has 1 fully saturated rings. The lowest BCUT2D eigenvalue weighted by molar-refractivity contribution is -0.146. The number of benzene rings is 2. The van der Waals surface area contributed by atoms with Gasteiger partial charge in [0.25, 0.3) is 0 Å². The van der Waals surface area contributed by atoms with Gasteiger partial charge in [-0.3, -0.25) is 71.9 Å². The third-order valence-electron chi connectivity index (χ3n) is 16.9. The number of aromatic nitrogens is 1. The van der Waals surface area contributed by atoms with Crippen LogP contribution in [-0.4, -0.2) is 248 Å². The number of fused-ring (bicyclic) bond motifs is 1. The number of carboxylic acid groups (broad SMARTS) is 3. The molecule has 1 aliphatic heterocycles. The summed E-state index contributed by atoms with van der Waals surface area (Å²) in [5, 5.41) is 85.2. The fourth-order valence-electron chi connectivity index (χ4n) is 11.3. The standard InChI is InChI=1S/C67H99N17O22/c1-35(2)26-46(80-57(95)40(70)27-36-15-17-38(87)18-16-36)63(101)82-49(33-85)64(102)77-43(13-6-8-24-69)61(99)78-45(19-21-52(71)88)62(100)81-48(29-56(93)94)66(104)84-25-9-14-51(84)65(103)79-44(20-22-55(91)92)58(96)73-32-54(90)76-47(28-37-30-72-41-11-4-3-10-39(37)41)59(97)74-31-53(89)75-42(12-5-7-23-68)60(98)83-50(34-86)67(105)106/h3-4,10-11,15-18,30,35,40,42-51,72,85-87H,5-9,12-14,19-29,31-34,68-70H2,1-2H3,(H2,71,88)(H,73,96)(H,74,97)(H,75,89)(H,76,90)(H,77,102)(H,78,99)(H,79,103)(H,80,95)(H,81,100)(H,82,101)(H,83,98)(H,91,92)(H,93,94)(H,105,106)/t40-,42-,43-,44-,45-,46-,47-,48-,49-,50-,51-/m0/s1. The van der Waals surface area contributed by atoms with Crippen molar-refractivity contribution in [3.8, 4) is 5.75 Å². The maximum Gasteiger partial charge on any atom is 0.328 e. The first-order valence-corrected chi connectivity index (χ1v) is 34.5. The molecule has 0 aliphatic carbocycles. The van der Waals surface area contributed by atoms with Gasteiger partial charge in [0.1, 0.15) is 66.2 Å². The van der Waals surface area contributed by atoms with Crippen molar-refractivity contribution in [3.63, 3.8) is 0 Å². The average Bonchev–Trinajstić information content (AvgIpc) is 1.65. The largest absolute Gasteiger partial charge is 0.508 e. The molecule has 3 aromatic rings. The van der Waals surface area contributed by atoms with E-state index in [0.717, 1.165) is 4.90 Å². The second-order valence-corrected chi connectivity index (χ2v) is 25.8. The molecular formula is C67H99N17O22. The van der Waals surface area contributed by atoms with Crippen LogP contribution >= 0.6 is 0 Å². The number of nitrogens with one attached hydrogen (secondary N) is 12. The van der Waals surface area contributed by atoms with Crippen LogP contribution in [-0.2, 0) is 89.6 Å². The summed E-state index contributed by atoms with van der Waals surface area (Å²) in [5.41, 5.74) is 24.6. The van der Waals surface area contributed by atoms with Gasteiger partial charge in [-0.05, 0) is 125 Å². The number of para-hydroxylation sites is 1. The number of aliphatic carboxylic acids is 3. The summed E-state index contributed by atoms with van der Waals surface area (Å²) in [6.07, 6.45) is -1.30. The lowest BCUT2D eigenvalue weighted by Gasteiger charge is -2.30. The number of amides is 13. The Hall–Kier alpha value is -10.9. The van der Waals surface area contributed by atoms with E-state index < -0.39 is 220 Å². The number of rotatable bonds is 48. The Kier molecular flexibility index (Phi) is 36.9. The zero-order valence-corrected chi connectivity index (χ0v) is 58.9. The summed E-state index contributed by atoms with van der Waals surface area (Å²) in [6, 6.07) is -4.54. The summed E-state index contributed by atoms with van der Waals surface area (Å²) >= 11 is 0. The summed E-state index contributed by atoms with van der Waals surface area (Å²) in [4.78, 5) is 218. The van der Waals surface area contributed by atoms with Crippen molar-refractivity contribution < 1.29 is 107 Å². The summed E-state index contributed by atoms with van der Waals surface area (Å²) in [6.45, 7) is -0.0807. The fraction of sp³-hybridized carbons (Fsp3) is 0.552. The molecule has 0 bridgehead atoms. The maximum atomic E-state index is 14.5. The van der Waals surface area contributed by atoms with Gasteiger partial charge in [-0.15, -0.1) is 0 Å². The van der Waals surface area contributed by atoms with Crippen molar-refractivity contribution in [2.24, 2.45) is 28.9 Å². The van der Waals surface area contributed by atoms with E-state index in [-0.39, 0.29) is 82.7 Å². The number of nitrogens with two attached hydrogens (primary N) is 4. The Bertz CT molecular complexity index is 3560. The van der Waals surface area contributed by atoms with E-state index in [0.29, 0.717) is 41.3 Å². The first kappa shape index (κ1) is 87.5. The molecule has 13 amide bonds. The van der Waals surface area contributed by atoms with Crippen LogP contribution in [0.15, 0.2) is 54.7 Å². The second-order valence-electron chi connectivity index (χ2n) is 25.8. The predicted octanol–water partition coefficient (Wildman–Crippen LogP) is -6.45. The van der Waals surface area contributed by atoms with Crippen LogP contribution in [0.25, 0.3) is 10.9 Å². The minimum atomic E-state index is -2.02. The molecule has 0 radical (unpaired) electrons. The number of hydrogen-bond donors (Lipinski definition) is 22. The number of aliphatic hydroxyl groups excluding tert-OH is 2. The van der Waals surface area contributed by atoms with Crippen LogP contribution in [0, 0.1) is 5.92 Å². The van der Waals surface area contributed by atoms with Crippen molar-refractivity contribution in [2.75, 3.05) is 45.9 Å². The fourth-order valence-corrected chi connectivity index (χ4v) is 11.3. The maximum absolute atomic E-state index is 14.5. The lowest BCUT2D eigenvalue weighted by Crippen LogP contribution is -2.61. The zero-order chi connectivity index (χ0) is 78.7. The number of unbranched alkanes of at least 4 members (excludes halogenated alkanes) is 2. The highest BCUT2D eigenvalue weighted by atomic mass is 16.4. The second kappa shape index (κ2) is 44.7. The first-order chi connectivity index (χ1) is 50.3. The van der Waals surface area contributed by atoms with E-state index >= 15 is 0 Å². The van der Waals surface area contributed by atoms with Gasteiger partial charge in [0.15, 0.2) is 0 Å². The number of carbonyl (C=O) groups is 16. The normalized spacial score (nSPS) is 15.4. The highest BCUT2D eigenvalue weighted by Crippen LogP contribution is 2.22. The number of H-pyrrole nitrogens is 1. The molecule has 2 heterocycles. The number of aromatic amines is 1. The molecule has 0 unspecified atom stereocenters. The molecule has 2 aromatic carbocycles. The Morgan fingerprint density at radius 3 is 1.58 bits per heavy atom. The van der Waals surface area contributed by atoms with Gasteiger partial charge in [-0.25, -0.2) is 4.79 Å². The van der Waals surface area contributed by atoms with Gasteiger partial charge in [0.05, 0.1) is 38.8 Å². The zero-order valence-electron chi connectivity index (χ0n) is 58.9. The number of carboxylic acids is 3. The van der Waals surface area contributed by atoms with Gasteiger partial charge < -0.3 is 122 Å². The monoisotopic (exact) mass is 1490 g/mol. The predicted molar refractivity (Wildman–Crippen MR) is 375 cm³/mol. The topological polar surface area (TPSA) is 650 Å². The van der Waals surface area contributed by atoms with Crippen LogP contribution in [0.5, 0.6) is 5.75 Å². The van der Waals surface area contributed by atoms with Crippen molar-refractivity contribution in [1.82, 2.24) is 68.4 Å². The van der Waals surface area contributed by atoms with Crippen LogP contribution < -0.4 is 81.4 Å². The van der Waals surface area contributed by atoms with E-state index in [1.165, 1.54) is 12.1 Å².